The first-order valence-electron chi connectivity index (χ1n) is 10.4. The summed E-state index contributed by atoms with van der Waals surface area (Å²) in [6, 6.07) is 7.93. The molecule has 31 heavy (non-hydrogen) atoms. The van der Waals surface area contributed by atoms with E-state index < -0.39 is 0 Å². The number of nitrogen functional groups attached to an aromatic ring is 1. The third kappa shape index (κ3) is 3.64. The molecule has 160 valence electrons. The van der Waals surface area contributed by atoms with Gasteiger partial charge in [0.25, 0.3) is 5.91 Å². The molecule has 9 heteroatoms. The molecule has 3 aromatic rings. The number of rotatable bonds is 3. The molecule has 0 radical (unpaired) electrons. The minimum atomic E-state index is -0.341. The normalized spacial score (nSPS) is 17.4. The Bertz CT molecular complexity index is 1110. The highest BCUT2D eigenvalue weighted by molar-refractivity contribution is 7.15. The van der Waals surface area contributed by atoms with Gasteiger partial charge in [0.2, 0.25) is 5.95 Å². The van der Waals surface area contributed by atoms with E-state index in [1.165, 1.54) is 10.4 Å². The first kappa shape index (κ1) is 19.9. The second kappa shape index (κ2) is 7.90. The SMILES string of the molecule is CNc1ncc(C(=O)N2CCC3(CC2)OCCc2sc(-c4cccc(N)n4)cc23)cn1. The summed E-state index contributed by atoms with van der Waals surface area (Å²) < 4.78 is 6.36. The molecule has 1 saturated heterocycles. The number of aromatic nitrogens is 3. The smallest absolute Gasteiger partial charge is 0.256 e. The van der Waals surface area contributed by atoms with Crippen LogP contribution in [0.4, 0.5) is 11.8 Å². The number of amides is 1. The molecule has 1 spiro atoms. The number of likely N-dealkylation sites (tertiary alicyclic amines) is 1. The molecule has 1 amide bonds. The molecule has 2 aliphatic heterocycles. The maximum atomic E-state index is 12.9. The summed E-state index contributed by atoms with van der Waals surface area (Å²) >= 11 is 1.77. The third-order valence-corrected chi connectivity index (χ3v) is 7.23. The number of nitrogens with two attached hydrogens (primary N) is 1. The van der Waals surface area contributed by atoms with Gasteiger partial charge in [-0.3, -0.25) is 4.79 Å². The van der Waals surface area contributed by atoms with E-state index in [9.17, 15) is 4.79 Å². The van der Waals surface area contributed by atoms with E-state index in [1.54, 1.807) is 36.8 Å². The number of fused-ring (bicyclic) bond motifs is 2. The zero-order chi connectivity index (χ0) is 21.4. The fraction of sp³-hybridized carbons (Fsp3) is 0.364. The van der Waals surface area contributed by atoms with Crippen molar-refractivity contribution in [3.63, 3.8) is 0 Å². The lowest BCUT2D eigenvalue weighted by Crippen LogP contribution is -2.48. The number of nitrogens with zero attached hydrogens (tertiary/aromatic N) is 4. The number of carbonyl (C=O) groups excluding carboxylic acids is 1. The summed E-state index contributed by atoms with van der Waals surface area (Å²) in [4.78, 5) is 30.0. The molecule has 0 aliphatic carbocycles. The second-order valence-corrected chi connectivity index (χ2v) is 8.96. The average Bonchev–Trinajstić information content (AvgIpc) is 3.26. The minimum Gasteiger partial charge on any atom is -0.384 e. The van der Waals surface area contributed by atoms with E-state index in [4.69, 9.17) is 10.5 Å². The molecule has 1 fully saturated rings. The van der Waals surface area contributed by atoms with E-state index >= 15 is 0 Å². The van der Waals surface area contributed by atoms with Gasteiger partial charge < -0.3 is 20.7 Å². The lowest BCUT2D eigenvalue weighted by atomic mass is 9.82. The van der Waals surface area contributed by atoms with Gasteiger partial charge in [0.05, 0.1) is 28.3 Å². The van der Waals surface area contributed by atoms with Crippen LogP contribution in [0, 0.1) is 0 Å². The first-order chi connectivity index (χ1) is 15.1. The Balaban J connectivity index is 1.35. The molecule has 0 bridgehead atoms. The zero-order valence-electron chi connectivity index (χ0n) is 17.3. The number of piperidine rings is 1. The van der Waals surface area contributed by atoms with Crippen LogP contribution in [0.2, 0.25) is 0 Å². The number of pyridine rings is 1. The van der Waals surface area contributed by atoms with Crippen LogP contribution < -0.4 is 11.1 Å². The summed E-state index contributed by atoms with van der Waals surface area (Å²) in [5.74, 6) is 0.983. The summed E-state index contributed by atoms with van der Waals surface area (Å²) in [7, 11) is 1.75. The highest BCUT2D eigenvalue weighted by Crippen LogP contribution is 2.46. The molecule has 0 unspecified atom stereocenters. The topological polar surface area (TPSA) is 106 Å². The van der Waals surface area contributed by atoms with Crippen LogP contribution in [0.3, 0.4) is 0 Å². The van der Waals surface area contributed by atoms with Crippen molar-refractivity contribution in [3.8, 4) is 10.6 Å². The van der Waals surface area contributed by atoms with Crippen LogP contribution in [-0.4, -0.2) is 52.5 Å². The average molecular weight is 437 g/mol. The Morgan fingerprint density at radius 2 is 2.03 bits per heavy atom. The van der Waals surface area contributed by atoms with Gasteiger partial charge in [-0.1, -0.05) is 6.07 Å². The monoisotopic (exact) mass is 436 g/mol. The van der Waals surface area contributed by atoms with Crippen molar-refractivity contribution in [2.24, 2.45) is 0 Å². The van der Waals surface area contributed by atoms with Crippen LogP contribution in [-0.2, 0) is 16.8 Å². The highest BCUT2D eigenvalue weighted by Gasteiger charge is 2.43. The number of hydrogen-bond acceptors (Lipinski definition) is 8. The lowest BCUT2D eigenvalue weighted by Gasteiger charge is -2.44. The van der Waals surface area contributed by atoms with E-state index in [1.807, 2.05) is 17.0 Å². The molecule has 2 aliphatic rings. The van der Waals surface area contributed by atoms with Crippen LogP contribution in [0.1, 0.15) is 33.6 Å². The van der Waals surface area contributed by atoms with Gasteiger partial charge in [0.1, 0.15) is 5.82 Å². The Morgan fingerprint density at radius 3 is 2.74 bits per heavy atom. The zero-order valence-corrected chi connectivity index (χ0v) is 18.1. The third-order valence-electron chi connectivity index (χ3n) is 6.01. The molecule has 8 nitrogen and oxygen atoms in total. The van der Waals surface area contributed by atoms with Gasteiger partial charge in [0.15, 0.2) is 0 Å². The molecule has 0 aromatic carbocycles. The van der Waals surface area contributed by atoms with Gasteiger partial charge in [0, 0.05) is 43.8 Å². The molecule has 0 atom stereocenters. The van der Waals surface area contributed by atoms with E-state index in [2.05, 4.69) is 26.3 Å². The molecular weight excluding hydrogens is 412 g/mol. The number of nitrogens with one attached hydrogen (secondary N) is 1. The Kier molecular flexibility index (Phi) is 5.07. The number of anilines is 2. The fourth-order valence-corrected chi connectivity index (χ4v) is 5.57. The minimum absolute atomic E-state index is 0.0384. The van der Waals surface area contributed by atoms with Crippen LogP contribution >= 0.6 is 11.3 Å². The predicted octanol–water partition coefficient (Wildman–Crippen LogP) is 2.93. The molecule has 3 aromatic heterocycles. The van der Waals surface area contributed by atoms with Gasteiger partial charge in [-0.15, -0.1) is 11.3 Å². The standard InChI is InChI=1S/C22H24N6O2S/c1-24-21-25-12-14(13-26-21)20(29)28-8-6-22(7-9-28)15-11-18(31-17(15)5-10-30-22)16-3-2-4-19(23)27-16/h2-4,11-13H,5-10H2,1H3,(H2,23,27)(H,24,25,26). The first-order valence-corrected chi connectivity index (χ1v) is 11.2. The van der Waals surface area contributed by atoms with Crippen molar-refractivity contribution in [3.05, 3.63) is 52.7 Å². The number of carbonyl (C=O) groups is 1. The molecule has 0 saturated carbocycles. The highest BCUT2D eigenvalue weighted by atomic mass is 32.1. The van der Waals surface area contributed by atoms with Gasteiger partial charge in [-0.2, -0.15) is 0 Å². The van der Waals surface area contributed by atoms with E-state index in [-0.39, 0.29) is 11.5 Å². The van der Waals surface area contributed by atoms with Crippen molar-refractivity contribution in [1.29, 1.82) is 0 Å². The second-order valence-electron chi connectivity index (χ2n) is 7.83. The quantitative estimate of drug-likeness (QED) is 0.650. The van der Waals surface area contributed by atoms with Gasteiger partial charge >= 0.3 is 0 Å². The maximum absolute atomic E-state index is 12.9. The van der Waals surface area contributed by atoms with Crippen LogP contribution in [0.5, 0.6) is 0 Å². The summed E-state index contributed by atoms with van der Waals surface area (Å²) in [6.07, 6.45) is 5.58. The van der Waals surface area contributed by atoms with Gasteiger partial charge in [-0.05, 0) is 36.6 Å². The van der Waals surface area contributed by atoms with E-state index in [0.717, 1.165) is 29.8 Å². The Morgan fingerprint density at radius 1 is 1.26 bits per heavy atom. The Hall–Kier alpha value is -3.04. The van der Waals surface area contributed by atoms with Crippen molar-refractivity contribution in [1.82, 2.24) is 19.9 Å². The van der Waals surface area contributed by atoms with Crippen LogP contribution in [0.15, 0.2) is 36.7 Å². The lowest BCUT2D eigenvalue weighted by molar-refractivity contribution is -0.0926. The predicted molar refractivity (Wildman–Crippen MR) is 120 cm³/mol. The number of hydrogen-bond donors (Lipinski definition) is 2. The van der Waals surface area contributed by atoms with Crippen molar-refractivity contribution in [2.75, 3.05) is 37.8 Å². The van der Waals surface area contributed by atoms with Crippen molar-refractivity contribution < 1.29 is 9.53 Å². The molecule has 3 N–H and O–H groups in total. The maximum Gasteiger partial charge on any atom is 0.256 e. The summed E-state index contributed by atoms with van der Waals surface area (Å²) in [6.45, 7) is 1.96. The van der Waals surface area contributed by atoms with Gasteiger partial charge in [-0.25, -0.2) is 15.0 Å². The molecular formula is C22H24N6O2S. The number of thiophene rings is 1. The Labute approximate surface area is 184 Å². The molecule has 5 rings (SSSR count). The molecule has 5 heterocycles. The van der Waals surface area contributed by atoms with Crippen molar-refractivity contribution in [2.45, 2.75) is 24.9 Å². The summed E-state index contributed by atoms with van der Waals surface area (Å²) in [5, 5.41) is 2.86. The summed E-state index contributed by atoms with van der Waals surface area (Å²) in [5.41, 5.74) is 8.19. The largest absolute Gasteiger partial charge is 0.384 e. The van der Waals surface area contributed by atoms with Crippen molar-refractivity contribution >= 4 is 29.0 Å². The fourth-order valence-electron chi connectivity index (χ4n) is 4.37. The number of ether oxygens (including phenoxy) is 1. The van der Waals surface area contributed by atoms with Crippen LogP contribution in [0.25, 0.3) is 10.6 Å². The van der Waals surface area contributed by atoms with E-state index in [0.29, 0.717) is 37.0 Å².